The first-order valence-corrected chi connectivity index (χ1v) is 8.70. The zero-order valence-corrected chi connectivity index (χ0v) is 13.9. The van der Waals surface area contributed by atoms with Crippen LogP contribution in [0.25, 0.3) is 6.08 Å². The van der Waals surface area contributed by atoms with Gasteiger partial charge in [-0.1, -0.05) is 26.0 Å². The summed E-state index contributed by atoms with van der Waals surface area (Å²) < 4.78 is 0. The SMILES string of the molecule is CC1(C)C2CC[C@@H](CNc3c(C(N)=O)cnc4c3C=CC4)[C@@H]1C2. The molecule has 0 radical (unpaired) electrons. The van der Waals surface area contributed by atoms with Crippen molar-refractivity contribution in [3.63, 3.8) is 0 Å². The maximum absolute atomic E-state index is 11.8. The van der Waals surface area contributed by atoms with Crippen LogP contribution in [-0.4, -0.2) is 17.4 Å². The van der Waals surface area contributed by atoms with E-state index in [1.165, 1.54) is 19.3 Å². The molecule has 4 heteroatoms. The number of carbonyl (C=O) groups is 1. The number of hydrogen-bond acceptors (Lipinski definition) is 3. The van der Waals surface area contributed by atoms with Crippen molar-refractivity contribution in [3.05, 3.63) is 29.1 Å². The summed E-state index contributed by atoms with van der Waals surface area (Å²) in [6, 6.07) is 0. The molecule has 4 nitrogen and oxygen atoms in total. The number of primary amides is 1. The lowest BCUT2D eigenvalue weighted by atomic mass is 9.45. The molecular formula is C19H25N3O. The van der Waals surface area contributed by atoms with Crippen LogP contribution in [0.15, 0.2) is 12.3 Å². The Bertz CT molecular complexity index is 690. The van der Waals surface area contributed by atoms with Crippen LogP contribution < -0.4 is 11.1 Å². The number of rotatable bonds is 4. The fourth-order valence-electron chi connectivity index (χ4n) is 5.01. The quantitative estimate of drug-likeness (QED) is 0.897. The van der Waals surface area contributed by atoms with Gasteiger partial charge < -0.3 is 11.1 Å². The average Bonchev–Trinajstić information content (AvgIpc) is 3.01. The molecule has 1 aromatic heterocycles. The number of pyridine rings is 1. The normalized spacial score (nSPS) is 29.7. The van der Waals surface area contributed by atoms with Crippen LogP contribution in [0.3, 0.4) is 0 Å². The molecule has 3 fully saturated rings. The largest absolute Gasteiger partial charge is 0.384 e. The first kappa shape index (κ1) is 14.7. The van der Waals surface area contributed by atoms with Crippen LogP contribution in [0.4, 0.5) is 5.69 Å². The number of nitrogens with two attached hydrogens (primary N) is 1. The second kappa shape index (κ2) is 5.08. The Kier molecular flexibility index (Phi) is 3.26. The van der Waals surface area contributed by atoms with Gasteiger partial charge in [-0.15, -0.1) is 0 Å². The van der Waals surface area contributed by atoms with Crippen molar-refractivity contribution in [1.82, 2.24) is 4.98 Å². The van der Waals surface area contributed by atoms with Crippen molar-refractivity contribution in [2.45, 2.75) is 39.5 Å². The van der Waals surface area contributed by atoms with Crippen molar-refractivity contribution >= 4 is 17.7 Å². The lowest BCUT2D eigenvalue weighted by Gasteiger charge is -2.60. The Morgan fingerprint density at radius 2 is 2.26 bits per heavy atom. The highest BCUT2D eigenvalue weighted by Crippen LogP contribution is 2.61. The van der Waals surface area contributed by atoms with Gasteiger partial charge in [0, 0.05) is 24.7 Å². The summed E-state index contributed by atoms with van der Waals surface area (Å²) in [5.41, 5.74) is 9.51. The molecule has 0 spiro atoms. The predicted octanol–water partition coefficient (Wildman–Crippen LogP) is 3.23. The summed E-state index contributed by atoms with van der Waals surface area (Å²) in [4.78, 5) is 16.1. The molecule has 1 amide bonds. The first-order valence-electron chi connectivity index (χ1n) is 8.70. The minimum Gasteiger partial charge on any atom is -0.384 e. The predicted molar refractivity (Wildman–Crippen MR) is 92.1 cm³/mol. The van der Waals surface area contributed by atoms with Crippen LogP contribution in [0.5, 0.6) is 0 Å². The molecule has 23 heavy (non-hydrogen) atoms. The molecule has 2 bridgehead atoms. The summed E-state index contributed by atoms with van der Waals surface area (Å²) in [5.74, 6) is 2.00. The van der Waals surface area contributed by atoms with Gasteiger partial charge in [-0.2, -0.15) is 0 Å². The van der Waals surface area contributed by atoms with Gasteiger partial charge in [0.15, 0.2) is 0 Å². The van der Waals surface area contributed by atoms with Gasteiger partial charge in [-0.05, 0) is 42.4 Å². The van der Waals surface area contributed by atoms with Gasteiger partial charge in [-0.3, -0.25) is 9.78 Å². The van der Waals surface area contributed by atoms with Crippen molar-refractivity contribution in [1.29, 1.82) is 0 Å². The van der Waals surface area contributed by atoms with E-state index in [0.29, 0.717) is 16.9 Å². The minimum atomic E-state index is -0.407. The Hall–Kier alpha value is -1.84. The lowest BCUT2D eigenvalue weighted by Crippen LogP contribution is -2.53. The van der Waals surface area contributed by atoms with E-state index >= 15 is 0 Å². The molecule has 0 aliphatic heterocycles. The second-order valence-electron chi connectivity index (χ2n) is 7.96. The van der Waals surface area contributed by atoms with Crippen LogP contribution in [0, 0.1) is 23.2 Å². The highest BCUT2D eigenvalue weighted by Gasteiger charge is 2.53. The van der Waals surface area contributed by atoms with Crippen LogP contribution in [0.1, 0.15) is 54.7 Å². The molecule has 0 aromatic carbocycles. The zero-order chi connectivity index (χ0) is 16.2. The van der Waals surface area contributed by atoms with E-state index in [1.54, 1.807) is 6.20 Å². The van der Waals surface area contributed by atoms with E-state index in [9.17, 15) is 4.79 Å². The number of allylic oxidation sites excluding steroid dienone is 1. The van der Waals surface area contributed by atoms with E-state index in [-0.39, 0.29) is 0 Å². The Morgan fingerprint density at radius 1 is 1.43 bits per heavy atom. The molecule has 1 heterocycles. The molecule has 1 unspecified atom stereocenters. The summed E-state index contributed by atoms with van der Waals surface area (Å²) in [5, 5.41) is 3.57. The summed E-state index contributed by atoms with van der Waals surface area (Å²) >= 11 is 0. The highest BCUT2D eigenvalue weighted by atomic mass is 16.1. The van der Waals surface area contributed by atoms with E-state index in [2.05, 4.69) is 36.3 Å². The number of fused-ring (bicyclic) bond motifs is 3. The number of hydrogen-bond donors (Lipinski definition) is 2. The van der Waals surface area contributed by atoms with E-state index in [0.717, 1.165) is 41.7 Å². The second-order valence-corrected chi connectivity index (χ2v) is 7.96. The van der Waals surface area contributed by atoms with Crippen LogP contribution in [0.2, 0.25) is 0 Å². The number of nitrogens with zero attached hydrogens (tertiary/aromatic N) is 1. The fraction of sp³-hybridized carbons (Fsp3) is 0.579. The minimum absolute atomic E-state index is 0.407. The van der Waals surface area contributed by atoms with E-state index in [1.807, 2.05) is 0 Å². The van der Waals surface area contributed by atoms with Gasteiger partial charge in [0.05, 0.1) is 16.9 Å². The van der Waals surface area contributed by atoms with Crippen LogP contribution >= 0.6 is 0 Å². The lowest BCUT2D eigenvalue weighted by molar-refractivity contribution is -0.100. The number of aromatic nitrogens is 1. The van der Waals surface area contributed by atoms with E-state index < -0.39 is 5.91 Å². The van der Waals surface area contributed by atoms with Crippen molar-refractivity contribution < 1.29 is 4.79 Å². The zero-order valence-electron chi connectivity index (χ0n) is 13.9. The molecule has 3 N–H and O–H groups in total. The molecule has 122 valence electrons. The standard InChI is InChI=1S/C19H25N3O/c1-19(2)12-7-6-11(15(19)8-12)9-22-17-13-4-3-5-16(13)21-10-14(17)18(20)23/h3-4,10-12,15H,5-9H2,1-2H3,(H2,20,23)(H,21,22)/t11-,12?,15-/m0/s1. The molecule has 0 saturated heterocycles. The monoisotopic (exact) mass is 311 g/mol. The van der Waals surface area contributed by atoms with Crippen LogP contribution in [-0.2, 0) is 6.42 Å². The van der Waals surface area contributed by atoms with Crippen molar-refractivity contribution in [2.75, 3.05) is 11.9 Å². The van der Waals surface area contributed by atoms with Gasteiger partial charge in [0.25, 0.3) is 5.91 Å². The number of nitrogens with one attached hydrogen (secondary N) is 1. The number of amides is 1. The molecule has 4 aliphatic rings. The first-order chi connectivity index (χ1) is 11.0. The molecule has 3 atom stereocenters. The summed E-state index contributed by atoms with van der Waals surface area (Å²) in [7, 11) is 0. The van der Waals surface area contributed by atoms with E-state index in [4.69, 9.17) is 5.73 Å². The number of anilines is 1. The highest BCUT2D eigenvalue weighted by molar-refractivity contribution is 6.00. The van der Waals surface area contributed by atoms with Crippen molar-refractivity contribution in [2.24, 2.45) is 28.9 Å². The number of carbonyl (C=O) groups excluding carboxylic acids is 1. The smallest absolute Gasteiger partial charge is 0.252 e. The Morgan fingerprint density at radius 3 is 2.96 bits per heavy atom. The Labute approximate surface area is 137 Å². The topological polar surface area (TPSA) is 68.0 Å². The van der Waals surface area contributed by atoms with Crippen molar-refractivity contribution in [3.8, 4) is 0 Å². The third-order valence-electron chi connectivity index (χ3n) is 6.60. The average molecular weight is 311 g/mol. The van der Waals surface area contributed by atoms with Gasteiger partial charge in [0.1, 0.15) is 0 Å². The maximum atomic E-state index is 11.8. The van der Waals surface area contributed by atoms with Gasteiger partial charge in [-0.25, -0.2) is 0 Å². The molecule has 5 rings (SSSR count). The van der Waals surface area contributed by atoms with Gasteiger partial charge >= 0.3 is 0 Å². The summed E-state index contributed by atoms with van der Waals surface area (Å²) in [6.07, 6.45) is 10.6. The van der Waals surface area contributed by atoms with Gasteiger partial charge in [0.2, 0.25) is 0 Å². The molecule has 3 saturated carbocycles. The molecular weight excluding hydrogens is 286 g/mol. The molecule has 4 aliphatic carbocycles. The maximum Gasteiger partial charge on any atom is 0.252 e. The fourth-order valence-corrected chi connectivity index (χ4v) is 5.01. The third kappa shape index (κ3) is 2.19. The summed E-state index contributed by atoms with van der Waals surface area (Å²) in [6.45, 7) is 5.75. The Balaban J connectivity index is 1.56. The molecule has 1 aromatic rings. The third-order valence-corrected chi connectivity index (χ3v) is 6.60.